The van der Waals surface area contributed by atoms with Crippen LogP contribution in [0.5, 0.6) is 0 Å². The van der Waals surface area contributed by atoms with Crippen molar-refractivity contribution in [1.82, 2.24) is 14.5 Å². The normalized spacial score (nSPS) is 18.6. The van der Waals surface area contributed by atoms with E-state index in [2.05, 4.69) is 9.97 Å². The maximum Gasteiger partial charge on any atom is 0.326 e. The van der Waals surface area contributed by atoms with Crippen molar-refractivity contribution in [3.05, 3.63) is 28.7 Å². The van der Waals surface area contributed by atoms with Gasteiger partial charge in [-0.15, -0.1) is 0 Å². The van der Waals surface area contributed by atoms with E-state index >= 15 is 0 Å². The van der Waals surface area contributed by atoms with Gasteiger partial charge in [0.05, 0.1) is 0 Å². The lowest BCUT2D eigenvalue weighted by atomic mass is 10.2. The van der Waals surface area contributed by atoms with Crippen molar-refractivity contribution in [3.63, 3.8) is 0 Å². The van der Waals surface area contributed by atoms with E-state index in [9.17, 15) is 14.7 Å². The number of aliphatic carboxylic acids is 1. The maximum absolute atomic E-state index is 12.4. The van der Waals surface area contributed by atoms with Crippen LogP contribution < -0.4 is 10.5 Å². The summed E-state index contributed by atoms with van der Waals surface area (Å²) in [5, 5.41) is 9.23. The molecule has 1 aliphatic rings. The van der Waals surface area contributed by atoms with Gasteiger partial charge in [-0.25, -0.2) is 14.8 Å². The van der Waals surface area contributed by atoms with Crippen LogP contribution in [0.25, 0.3) is 11.2 Å². The standard InChI is InChI=1S/C13H14N4O3/c1-16-10-8(4-2-6-14-10)15-11(12(16)18)17-7-3-5-9(17)13(19)20/h2,4,6,9H,3,5,7H2,1H3,(H,19,20). The molecule has 1 aliphatic heterocycles. The van der Waals surface area contributed by atoms with Gasteiger partial charge in [0.25, 0.3) is 5.56 Å². The predicted octanol–water partition coefficient (Wildman–Crippen LogP) is 0.382. The molecule has 2 aromatic rings. The van der Waals surface area contributed by atoms with E-state index in [0.29, 0.717) is 24.1 Å². The highest BCUT2D eigenvalue weighted by Crippen LogP contribution is 2.22. The minimum atomic E-state index is -0.919. The number of hydrogen-bond acceptors (Lipinski definition) is 5. The zero-order chi connectivity index (χ0) is 14.3. The third kappa shape index (κ3) is 1.82. The molecule has 1 saturated heterocycles. The third-order valence-corrected chi connectivity index (χ3v) is 3.62. The highest BCUT2D eigenvalue weighted by Gasteiger charge is 2.33. The number of pyridine rings is 1. The minimum Gasteiger partial charge on any atom is -0.480 e. The number of aryl methyl sites for hydroxylation is 1. The summed E-state index contributed by atoms with van der Waals surface area (Å²) in [6.07, 6.45) is 2.87. The van der Waals surface area contributed by atoms with Crippen molar-refractivity contribution in [3.8, 4) is 0 Å². The molecule has 3 rings (SSSR count). The summed E-state index contributed by atoms with van der Waals surface area (Å²) in [4.78, 5) is 33.6. The summed E-state index contributed by atoms with van der Waals surface area (Å²) in [6.45, 7) is 0.533. The molecule has 0 bridgehead atoms. The van der Waals surface area contributed by atoms with Gasteiger partial charge in [-0.2, -0.15) is 0 Å². The fourth-order valence-corrected chi connectivity index (χ4v) is 2.61. The van der Waals surface area contributed by atoms with Gasteiger partial charge in [-0.05, 0) is 25.0 Å². The molecule has 1 fully saturated rings. The lowest BCUT2D eigenvalue weighted by Gasteiger charge is -2.22. The van der Waals surface area contributed by atoms with Crippen molar-refractivity contribution < 1.29 is 9.90 Å². The van der Waals surface area contributed by atoms with Gasteiger partial charge < -0.3 is 10.0 Å². The number of carboxylic acids is 1. The number of hydrogen-bond donors (Lipinski definition) is 1. The molecule has 104 valence electrons. The first-order chi connectivity index (χ1) is 9.59. The number of aromatic nitrogens is 3. The van der Waals surface area contributed by atoms with Crippen LogP contribution in [0.4, 0.5) is 5.82 Å². The summed E-state index contributed by atoms with van der Waals surface area (Å²) >= 11 is 0. The van der Waals surface area contributed by atoms with Crippen LogP contribution in [0.3, 0.4) is 0 Å². The molecule has 7 heteroatoms. The van der Waals surface area contributed by atoms with E-state index < -0.39 is 12.0 Å². The zero-order valence-corrected chi connectivity index (χ0v) is 11.0. The summed E-state index contributed by atoms with van der Waals surface area (Å²) < 4.78 is 1.41. The molecule has 1 unspecified atom stereocenters. The van der Waals surface area contributed by atoms with Gasteiger partial charge in [0, 0.05) is 19.8 Å². The first-order valence-electron chi connectivity index (χ1n) is 6.41. The van der Waals surface area contributed by atoms with E-state index in [-0.39, 0.29) is 11.4 Å². The summed E-state index contributed by atoms with van der Waals surface area (Å²) in [7, 11) is 1.62. The molecule has 0 aliphatic carbocycles. The van der Waals surface area contributed by atoms with Crippen LogP contribution in [0.15, 0.2) is 23.1 Å². The van der Waals surface area contributed by atoms with E-state index in [1.807, 2.05) is 0 Å². The molecule has 3 heterocycles. The molecule has 20 heavy (non-hydrogen) atoms. The number of carbonyl (C=O) groups is 1. The van der Waals surface area contributed by atoms with Crippen molar-refractivity contribution in [2.24, 2.45) is 7.05 Å². The monoisotopic (exact) mass is 274 g/mol. The number of fused-ring (bicyclic) bond motifs is 1. The van der Waals surface area contributed by atoms with Crippen LogP contribution >= 0.6 is 0 Å². The zero-order valence-electron chi connectivity index (χ0n) is 11.0. The Labute approximate surface area is 114 Å². The SMILES string of the molecule is Cn1c(=O)c(N2CCCC2C(=O)O)nc2cccnc21. The van der Waals surface area contributed by atoms with Crippen molar-refractivity contribution in [2.75, 3.05) is 11.4 Å². The molecule has 1 atom stereocenters. The first-order valence-corrected chi connectivity index (χ1v) is 6.41. The topological polar surface area (TPSA) is 88.3 Å². The van der Waals surface area contributed by atoms with Gasteiger partial charge in [-0.3, -0.25) is 9.36 Å². The fraction of sp³-hybridized carbons (Fsp3) is 0.385. The Morgan fingerprint density at radius 1 is 1.50 bits per heavy atom. The fourth-order valence-electron chi connectivity index (χ4n) is 2.61. The minimum absolute atomic E-state index is 0.193. The van der Waals surface area contributed by atoms with Crippen LogP contribution in [0.2, 0.25) is 0 Å². The van der Waals surface area contributed by atoms with E-state index in [1.54, 1.807) is 30.3 Å². The lowest BCUT2D eigenvalue weighted by Crippen LogP contribution is -2.40. The summed E-state index contributed by atoms with van der Waals surface area (Å²) in [5.41, 5.74) is 0.761. The second-order valence-corrected chi connectivity index (χ2v) is 4.84. The maximum atomic E-state index is 12.4. The molecular formula is C13H14N4O3. The highest BCUT2D eigenvalue weighted by atomic mass is 16.4. The van der Waals surface area contributed by atoms with Gasteiger partial charge in [-0.1, -0.05) is 0 Å². The van der Waals surface area contributed by atoms with E-state index in [0.717, 1.165) is 6.42 Å². The summed E-state index contributed by atoms with van der Waals surface area (Å²) in [5.74, 6) is -0.726. The molecule has 0 spiro atoms. The Kier molecular flexibility index (Phi) is 2.89. The number of carboxylic acid groups (broad SMARTS) is 1. The highest BCUT2D eigenvalue weighted by molar-refractivity contribution is 5.79. The average Bonchev–Trinajstić information content (AvgIpc) is 2.92. The molecule has 7 nitrogen and oxygen atoms in total. The molecule has 1 N–H and O–H groups in total. The number of nitrogens with zero attached hydrogens (tertiary/aromatic N) is 4. The summed E-state index contributed by atoms with van der Waals surface area (Å²) in [6, 6.07) is 2.82. The molecule has 0 radical (unpaired) electrons. The molecule has 2 aromatic heterocycles. The quantitative estimate of drug-likeness (QED) is 0.851. The average molecular weight is 274 g/mol. The van der Waals surface area contributed by atoms with Gasteiger partial charge in [0.1, 0.15) is 11.6 Å². The van der Waals surface area contributed by atoms with Gasteiger partial charge >= 0.3 is 5.97 Å². The third-order valence-electron chi connectivity index (χ3n) is 3.62. The largest absolute Gasteiger partial charge is 0.480 e. The van der Waals surface area contributed by atoms with Crippen molar-refractivity contribution in [2.45, 2.75) is 18.9 Å². The van der Waals surface area contributed by atoms with E-state index in [4.69, 9.17) is 0 Å². The molecule has 0 amide bonds. The first kappa shape index (κ1) is 12.6. The number of anilines is 1. The second-order valence-electron chi connectivity index (χ2n) is 4.84. The van der Waals surface area contributed by atoms with Crippen LogP contribution in [0, 0.1) is 0 Å². The lowest BCUT2D eigenvalue weighted by molar-refractivity contribution is -0.138. The molecule has 0 aromatic carbocycles. The Hall–Kier alpha value is -2.44. The Morgan fingerprint density at radius 3 is 3.05 bits per heavy atom. The van der Waals surface area contributed by atoms with Crippen LogP contribution in [0.1, 0.15) is 12.8 Å². The van der Waals surface area contributed by atoms with Gasteiger partial charge in [0.15, 0.2) is 11.5 Å². The smallest absolute Gasteiger partial charge is 0.326 e. The van der Waals surface area contributed by atoms with Gasteiger partial charge in [0.2, 0.25) is 0 Å². The van der Waals surface area contributed by atoms with Crippen molar-refractivity contribution >= 4 is 23.0 Å². The Morgan fingerprint density at radius 2 is 2.30 bits per heavy atom. The van der Waals surface area contributed by atoms with Crippen molar-refractivity contribution in [1.29, 1.82) is 0 Å². The predicted molar refractivity (Wildman–Crippen MR) is 72.8 cm³/mol. The van der Waals surface area contributed by atoms with Crippen LogP contribution in [-0.4, -0.2) is 38.2 Å². The Balaban J connectivity index is 2.19. The van der Waals surface area contributed by atoms with Crippen LogP contribution in [-0.2, 0) is 11.8 Å². The van der Waals surface area contributed by atoms with E-state index in [1.165, 1.54) is 4.57 Å². The number of rotatable bonds is 2. The Bertz CT molecular complexity index is 740. The molecule has 0 saturated carbocycles. The second kappa shape index (κ2) is 4.59. The molecular weight excluding hydrogens is 260 g/mol.